The molecule has 1 unspecified atom stereocenters. The Balaban J connectivity index is 3.03. The number of aliphatic hydroxyl groups excluding tert-OH is 1. The van der Waals surface area contributed by atoms with Crippen molar-refractivity contribution >= 4 is 0 Å². The number of halogens is 1. The van der Waals surface area contributed by atoms with Crippen LogP contribution in [0.25, 0.3) is 0 Å². The van der Waals surface area contributed by atoms with Crippen LogP contribution in [0.5, 0.6) is 0 Å². The molecule has 0 bridgehead atoms. The van der Waals surface area contributed by atoms with E-state index in [1.165, 1.54) is 18.3 Å². The maximum atomic E-state index is 12.7. The third-order valence-electron chi connectivity index (χ3n) is 1.64. The highest BCUT2D eigenvalue weighted by Gasteiger charge is 2.21. The first kappa shape index (κ1) is 9.09. The van der Waals surface area contributed by atoms with Gasteiger partial charge in [0.2, 0.25) is 0 Å². The summed E-state index contributed by atoms with van der Waals surface area (Å²) < 4.78 is 12.7. The summed E-state index contributed by atoms with van der Waals surface area (Å²) >= 11 is 0. The van der Waals surface area contributed by atoms with Crippen molar-refractivity contribution in [3.8, 4) is 0 Å². The molecule has 1 aromatic rings. The predicted molar refractivity (Wildman–Crippen MR) is 42.8 cm³/mol. The minimum atomic E-state index is -0.970. The first-order valence-corrected chi connectivity index (χ1v) is 3.58. The molecule has 0 spiro atoms. The maximum absolute atomic E-state index is 12.7. The van der Waals surface area contributed by atoms with Gasteiger partial charge in [0.05, 0.1) is 17.8 Å². The molecule has 3 N–H and O–H groups in total. The molecule has 0 saturated carbocycles. The van der Waals surface area contributed by atoms with Gasteiger partial charge in [-0.15, -0.1) is 0 Å². The molecule has 12 heavy (non-hydrogen) atoms. The number of hydrogen-bond donors (Lipinski definition) is 2. The van der Waals surface area contributed by atoms with E-state index in [0.29, 0.717) is 5.69 Å². The molecule has 0 aromatic carbocycles. The molecular formula is C8H11FN2O. The van der Waals surface area contributed by atoms with E-state index in [0.717, 1.165) is 0 Å². The molecule has 1 rings (SSSR count). The second-order valence-electron chi connectivity index (χ2n) is 2.93. The molecule has 1 atom stereocenters. The minimum absolute atomic E-state index is 0.260. The largest absolute Gasteiger partial charge is 0.394 e. The van der Waals surface area contributed by atoms with Gasteiger partial charge in [0, 0.05) is 6.20 Å². The van der Waals surface area contributed by atoms with Crippen LogP contribution < -0.4 is 5.73 Å². The van der Waals surface area contributed by atoms with Crippen molar-refractivity contribution in [1.29, 1.82) is 0 Å². The molecule has 66 valence electrons. The van der Waals surface area contributed by atoms with Gasteiger partial charge in [0.25, 0.3) is 0 Å². The molecular weight excluding hydrogens is 159 g/mol. The third-order valence-corrected chi connectivity index (χ3v) is 1.64. The first-order valence-electron chi connectivity index (χ1n) is 3.58. The number of pyridine rings is 1. The summed E-state index contributed by atoms with van der Waals surface area (Å²) in [6, 6.07) is 2.45. The third kappa shape index (κ3) is 1.78. The van der Waals surface area contributed by atoms with Crippen molar-refractivity contribution in [3.63, 3.8) is 0 Å². The fourth-order valence-corrected chi connectivity index (χ4v) is 0.798. The van der Waals surface area contributed by atoms with E-state index >= 15 is 0 Å². The number of nitrogens with two attached hydrogens (primary N) is 1. The number of hydrogen-bond acceptors (Lipinski definition) is 3. The Bertz CT molecular complexity index is 276. The van der Waals surface area contributed by atoms with Gasteiger partial charge in [-0.05, 0) is 19.1 Å². The second kappa shape index (κ2) is 3.16. The number of aliphatic hydroxyl groups is 1. The summed E-state index contributed by atoms with van der Waals surface area (Å²) in [6.45, 7) is 1.33. The van der Waals surface area contributed by atoms with Crippen LogP contribution in [0.4, 0.5) is 4.39 Å². The van der Waals surface area contributed by atoms with E-state index < -0.39 is 11.4 Å². The fourth-order valence-electron chi connectivity index (χ4n) is 0.798. The van der Waals surface area contributed by atoms with Gasteiger partial charge in [-0.3, -0.25) is 4.98 Å². The molecule has 0 saturated heterocycles. The van der Waals surface area contributed by atoms with Gasteiger partial charge < -0.3 is 10.8 Å². The molecule has 0 aliphatic rings. The second-order valence-corrected chi connectivity index (χ2v) is 2.93. The predicted octanol–water partition coefficient (Wildman–Crippen LogP) is 0.387. The summed E-state index contributed by atoms with van der Waals surface area (Å²) in [5, 5.41) is 8.85. The van der Waals surface area contributed by atoms with Crippen LogP contribution in [-0.4, -0.2) is 16.7 Å². The van der Waals surface area contributed by atoms with Crippen LogP contribution in [0.2, 0.25) is 0 Å². The molecule has 0 fully saturated rings. The average molecular weight is 170 g/mol. The lowest BCUT2D eigenvalue weighted by atomic mass is 10.00. The number of nitrogens with zero attached hydrogens (tertiary/aromatic N) is 1. The van der Waals surface area contributed by atoms with Gasteiger partial charge >= 0.3 is 0 Å². The zero-order valence-electron chi connectivity index (χ0n) is 6.79. The van der Waals surface area contributed by atoms with E-state index in [-0.39, 0.29) is 6.61 Å². The lowest BCUT2D eigenvalue weighted by molar-refractivity contribution is 0.206. The topological polar surface area (TPSA) is 59.1 Å². The Morgan fingerprint density at radius 2 is 2.42 bits per heavy atom. The van der Waals surface area contributed by atoms with Gasteiger partial charge in [0.1, 0.15) is 5.82 Å². The van der Waals surface area contributed by atoms with Crippen molar-refractivity contribution in [2.75, 3.05) is 6.61 Å². The van der Waals surface area contributed by atoms with Gasteiger partial charge in [-0.25, -0.2) is 4.39 Å². The summed E-state index contributed by atoms with van der Waals surface area (Å²) in [4.78, 5) is 3.86. The van der Waals surface area contributed by atoms with Crippen LogP contribution in [0.15, 0.2) is 18.3 Å². The van der Waals surface area contributed by atoms with Gasteiger partial charge in [-0.2, -0.15) is 0 Å². The van der Waals surface area contributed by atoms with Crippen LogP contribution in [0.1, 0.15) is 12.6 Å². The molecule has 0 radical (unpaired) electrons. The van der Waals surface area contributed by atoms with Crippen molar-refractivity contribution in [2.45, 2.75) is 12.5 Å². The van der Waals surface area contributed by atoms with E-state index in [2.05, 4.69) is 4.98 Å². The fraction of sp³-hybridized carbons (Fsp3) is 0.375. The van der Waals surface area contributed by atoms with Crippen molar-refractivity contribution in [2.24, 2.45) is 5.73 Å². The van der Waals surface area contributed by atoms with E-state index in [9.17, 15) is 4.39 Å². The molecule has 1 heterocycles. The Labute approximate surface area is 70.0 Å². The van der Waals surface area contributed by atoms with Crippen molar-refractivity contribution in [1.82, 2.24) is 4.98 Å². The summed E-state index contributed by atoms with van der Waals surface area (Å²) in [5.41, 5.74) is 5.01. The number of aromatic nitrogens is 1. The van der Waals surface area contributed by atoms with Crippen LogP contribution in [0, 0.1) is 5.82 Å². The molecule has 0 aliphatic carbocycles. The minimum Gasteiger partial charge on any atom is -0.394 e. The zero-order valence-corrected chi connectivity index (χ0v) is 6.79. The maximum Gasteiger partial charge on any atom is 0.126 e. The molecule has 4 heteroatoms. The van der Waals surface area contributed by atoms with Crippen molar-refractivity contribution < 1.29 is 9.50 Å². The van der Waals surface area contributed by atoms with Crippen LogP contribution in [0.3, 0.4) is 0 Å². The summed E-state index contributed by atoms with van der Waals surface area (Å²) in [7, 11) is 0. The van der Waals surface area contributed by atoms with Gasteiger partial charge in [-0.1, -0.05) is 0 Å². The SMILES string of the molecule is CC(N)(CO)c1cc(F)ccn1. The van der Waals surface area contributed by atoms with Crippen LogP contribution in [-0.2, 0) is 5.54 Å². The highest BCUT2D eigenvalue weighted by molar-refractivity contribution is 5.14. The quantitative estimate of drug-likeness (QED) is 0.674. The standard InChI is InChI=1S/C8H11FN2O/c1-8(10,5-12)7-4-6(9)2-3-11-7/h2-4,12H,5,10H2,1H3. The summed E-state index contributed by atoms with van der Waals surface area (Å²) in [6.07, 6.45) is 1.32. The Kier molecular flexibility index (Phi) is 2.40. The smallest absolute Gasteiger partial charge is 0.126 e. The Morgan fingerprint density at radius 1 is 1.75 bits per heavy atom. The van der Waals surface area contributed by atoms with Crippen LogP contribution >= 0.6 is 0 Å². The lowest BCUT2D eigenvalue weighted by Crippen LogP contribution is -2.37. The first-order chi connectivity index (χ1) is 5.56. The molecule has 3 nitrogen and oxygen atoms in total. The van der Waals surface area contributed by atoms with E-state index in [1.54, 1.807) is 6.92 Å². The van der Waals surface area contributed by atoms with E-state index in [1.807, 2.05) is 0 Å². The van der Waals surface area contributed by atoms with Crippen molar-refractivity contribution in [3.05, 3.63) is 29.8 Å². The summed E-state index contributed by atoms with van der Waals surface area (Å²) in [5.74, 6) is -0.398. The number of rotatable bonds is 2. The Hall–Kier alpha value is -1.00. The van der Waals surface area contributed by atoms with Gasteiger partial charge in [0.15, 0.2) is 0 Å². The monoisotopic (exact) mass is 170 g/mol. The van der Waals surface area contributed by atoms with E-state index in [4.69, 9.17) is 10.8 Å². The molecule has 0 amide bonds. The molecule has 1 aromatic heterocycles. The average Bonchev–Trinajstić information content (AvgIpc) is 2.05. The lowest BCUT2D eigenvalue weighted by Gasteiger charge is -2.20. The molecule has 0 aliphatic heterocycles. The highest BCUT2D eigenvalue weighted by Crippen LogP contribution is 2.14. The zero-order chi connectivity index (χ0) is 9.19. The highest BCUT2D eigenvalue weighted by atomic mass is 19.1. The Morgan fingerprint density at radius 3 is 2.92 bits per heavy atom. The normalized spacial score (nSPS) is 15.7.